The van der Waals surface area contributed by atoms with Crippen LogP contribution in [0.15, 0.2) is 57.8 Å². The SMILES string of the molecule is CCc1ccc(S(=O)(=O)/N=C2\SC(CC(=O)Nc3ccc(OC)cc3)C(=O)N2CC)cc1. The van der Waals surface area contributed by atoms with Crippen molar-refractivity contribution in [1.29, 1.82) is 0 Å². The number of ether oxygens (including phenoxy) is 1. The van der Waals surface area contributed by atoms with Crippen molar-refractivity contribution in [3.05, 3.63) is 54.1 Å². The molecule has 0 spiro atoms. The molecule has 0 saturated carbocycles. The first-order valence-corrected chi connectivity index (χ1v) is 12.4. The predicted molar refractivity (Wildman–Crippen MR) is 125 cm³/mol. The summed E-state index contributed by atoms with van der Waals surface area (Å²) < 4.78 is 34.5. The van der Waals surface area contributed by atoms with Crippen LogP contribution in [-0.2, 0) is 26.0 Å². The third kappa shape index (κ3) is 5.49. The monoisotopic (exact) mass is 475 g/mol. The Bertz CT molecular complexity index is 1110. The van der Waals surface area contributed by atoms with Crippen molar-refractivity contribution in [3.63, 3.8) is 0 Å². The highest BCUT2D eigenvalue weighted by atomic mass is 32.2. The minimum atomic E-state index is -3.98. The van der Waals surface area contributed by atoms with Crippen LogP contribution in [0.25, 0.3) is 0 Å². The average Bonchev–Trinajstić information content (AvgIpc) is 3.07. The molecule has 10 heteroatoms. The maximum Gasteiger partial charge on any atom is 0.284 e. The molecular weight excluding hydrogens is 450 g/mol. The van der Waals surface area contributed by atoms with Gasteiger partial charge < -0.3 is 10.1 Å². The number of carbonyl (C=O) groups excluding carboxylic acids is 2. The summed E-state index contributed by atoms with van der Waals surface area (Å²) in [5.41, 5.74) is 1.59. The van der Waals surface area contributed by atoms with Gasteiger partial charge in [-0.1, -0.05) is 30.8 Å². The van der Waals surface area contributed by atoms with E-state index in [9.17, 15) is 18.0 Å². The van der Waals surface area contributed by atoms with E-state index in [1.54, 1.807) is 50.4 Å². The van der Waals surface area contributed by atoms with Crippen LogP contribution in [-0.4, -0.2) is 49.2 Å². The van der Waals surface area contributed by atoms with Crippen LogP contribution < -0.4 is 10.1 Å². The van der Waals surface area contributed by atoms with Gasteiger partial charge in [0.15, 0.2) is 5.17 Å². The smallest absolute Gasteiger partial charge is 0.284 e. The van der Waals surface area contributed by atoms with Gasteiger partial charge in [-0.25, -0.2) is 0 Å². The van der Waals surface area contributed by atoms with Crippen LogP contribution in [0.4, 0.5) is 5.69 Å². The van der Waals surface area contributed by atoms with Gasteiger partial charge in [0.1, 0.15) is 11.0 Å². The van der Waals surface area contributed by atoms with Crippen molar-refractivity contribution < 1.29 is 22.7 Å². The van der Waals surface area contributed by atoms with Crippen LogP contribution in [0.5, 0.6) is 5.75 Å². The average molecular weight is 476 g/mol. The molecule has 1 aliphatic rings. The number of anilines is 1. The van der Waals surface area contributed by atoms with Gasteiger partial charge in [-0.3, -0.25) is 14.5 Å². The summed E-state index contributed by atoms with van der Waals surface area (Å²) in [6.07, 6.45) is 0.694. The Kier molecular flexibility index (Phi) is 7.57. The van der Waals surface area contributed by atoms with Gasteiger partial charge in [-0.05, 0) is 55.3 Å². The Morgan fingerprint density at radius 3 is 2.34 bits per heavy atom. The molecule has 1 saturated heterocycles. The summed E-state index contributed by atoms with van der Waals surface area (Å²) in [5.74, 6) is -0.0245. The summed E-state index contributed by atoms with van der Waals surface area (Å²) >= 11 is 0.992. The third-order valence-corrected chi connectivity index (χ3v) is 7.48. The number of hydrogen-bond donors (Lipinski definition) is 1. The molecule has 1 unspecified atom stereocenters. The summed E-state index contributed by atoms with van der Waals surface area (Å²) in [7, 11) is -2.43. The van der Waals surface area contributed by atoms with E-state index in [4.69, 9.17) is 4.74 Å². The predicted octanol–water partition coefficient (Wildman–Crippen LogP) is 3.30. The van der Waals surface area contributed by atoms with Gasteiger partial charge in [-0.2, -0.15) is 8.42 Å². The van der Waals surface area contributed by atoms with Crippen molar-refractivity contribution in [2.24, 2.45) is 4.40 Å². The molecule has 1 heterocycles. The van der Waals surface area contributed by atoms with Crippen molar-refractivity contribution in [2.45, 2.75) is 36.8 Å². The van der Waals surface area contributed by atoms with Gasteiger partial charge in [0.05, 0.1) is 12.0 Å². The first-order valence-electron chi connectivity index (χ1n) is 10.1. The lowest BCUT2D eigenvalue weighted by molar-refractivity contribution is -0.128. The van der Waals surface area contributed by atoms with Crippen LogP contribution in [0, 0.1) is 0 Å². The number of benzene rings is 2. The molecule has 1 N–H and O–H groups in total. The minimum Gasteiger partial charge on any atom is -0.497 e. The van der Waals surface area contributed by atoms with Crippen LogP contribution in [0.1, 0.15) is 25.8 Å². The van der Waals surface area contributed by atoms with Crippen molar-refractivity contribution in [2.75, 3.05) is 19.0 Å². The van der Waals surface area contributed by atoms with E-state index in [1.807, 2.05) is 6.92 Å². The number of amidine groups is 1. The lowest BCUT2D eigenvalue weighted by atomic mass is 10.2. The van der Waals surface area contributed by atoms with Gasteiger partial charge in [0.2, 0.25) is 11.8 Å². The fourth-order valence-corrected chi connectivity index (χ4v) is 5.53. The molecule has 1 aliphatic heterocycles. The Hall–Kier alpha value is -2.85. The fraction of sp³-hybridized carbons (Fsp3) is 0.318. The van der Waals surface area contributed by atoms with E-state index in [0.29, 0.717) is 11.4 Å². The van der Waals surface area contributed by atoms with Gasteiger partial charge in [-0.15, -0.1) is 4.40 Å². The molecule has 8 nitrogen and oxygen atoms in total. The van der Waals surface area contributed by atoms with Gasteiger partial charge in [0, 0.05) is 18.7 Å². The molecule has 0 aliphatic carbocycles. The second-order valence-corrected chi connectivity index (χ2v) is 9.79. The Labute approximate surface area is 192 Å². The first-order chi connectivity index (χ1) is 15.3. The normalized spacial score (nSPS) is 17.6. The summed E-state index contributed by atoms with van der Waals surface area (Å²) in [5, 5.41) is 2.07. The number of hydrogen-bond acceptors (Lipinski definition) is 6. The number of rotatable bonds is 8. The van der Waals surface area contributed by atoms with E-state index in [1.165, 1.54) is 17.0 Å². The lowest BCUT2D eigenvalue weighted by Crippen LogP contribution is -2.33. The molecule has 32 heavy (non-hydrogen) atoms. The molecule has 1 fully saturated rings. The minimum absolute atomic E-state index is 0.0620. The quantitative estimate of drug-likeness (QED) is 0.628. The Balaban J connectivity index is 1.73. The second kappa shape index (κ2) is 10.2. The highest BCUT2D eigenvalue weighted by Gasteiger charge is 2.39. The zero-order valence-electron chi connectivity index (χ0n) is 18.1. The van der Waals surface area contributed by atoms with Gasteiger partial charge in [0.25, 0.3) is 10.0 Å². The van der Waals surface area contributed by atoms with E-state index in [2.05, 4.69) is 9.71 Å². The van der Waals surface area contributed by atoms with E-state index < -0.39 is 15.3 Å². The highest BCUT2D eigenvalue weighted by molar-refractivity contribution is 8.16. The van der Waals surface area contributed by atoms with Crippen molar-refractivity contribution in [1.82, 2.24) is 4.90 Å². The Morgan fingerprint density at radius 2 is 1.78 bits per heavy atom. The zero-order valence-corrected chi connectivity index (χ0v) is 19.7. The lowest BCUT2D eigenvalue weighted by Gasteiger charge is -2.13. The van der Waals surface area contributed by atoms with E-state index >= 15 is 0 Å². The number of aryl methyl sites for hydroxylation is 1. The summed E-state index contributed by atoms with van der Waals surface area (Å²) in [6.45, 7) is 3.97. The highest BCUT2D eigenvalue weighted by Crippen LogP contribution is 2.31. The molecule has 0 bridgehead atoms. The molecule has 1 atom stereocenters. The van der Waals surface area contributed by atoms with E-state index in [-0.39, 0.29) is 34.8 Å². The number of nitrogens with zero attached hydrogens (tertiary/aromatic N) is 2. The molecular formula is C22H25N3O5S2. The number of carbonyl (C=O) groups is 2. The number of amides is 2. The van der Waals surface area contributed by atoms with Crippen molar-refractivity contribution >= 4 is 44.5 Å². The standard InChI is InChI=1S/C22H25N3O5S2/c1-4-15-6-12-18(13-7-15)32(28,29)24-22-25(5-2)21(27)19(31-22)14-20(26)23-16-8-10-17(30-3)11-9-16/h6-13,19H,4-5,14H2,1-3H3,(H,23,26)/b24-22-. The zero-order chi connectivity index (χ0) is 23.3. The number of nitrogens with one attached hydrogen (secondary N) is 1. The molecule has 170 valence electrons. The van der Waals surface area contributed by atoms with Crippen LogP contribution >= 0.6 is 11.8 Å². The van der Waals surface area contributed by atoms with E-state index in [0.717, 1.165) is 23.7 Å². The summed E-state index contributed by atoms with van der Waals surface area (Å²) in [4.78, 5) is 26.6. The van der Waals surface area contributed by atoms with Gasteiger partial charge >= 0.3 is 0 Å². The largest absolute Gasteiger partial charge is 0.497 e. The topological polar surface area (TPSA) is 105 Å². The molecule has 2 aromatic rings. The van der Waals surface area contributed by atoms with Crippen molar-refractivity contribution in [3.8, 4) is 5.75 Å². The molecule has 0 aromatic heterocycles. The first kappa shape index (κ1) is 23.8. The third-order valence-electron chi connectivity index (χ3n) is 4.91. The Morgan fingerprint density at radius 1 is 1.12 bits per heavy atom. The maximum absolute atomic E-state index is 12.8. The molecule has 0 radical (unpaired) electrons. The van der Waals surface area contributed by atoms with Crippen LogP contribution in [0.2, 0.25) is 0 Å². The second-order valence-electron chi connectivity index (χ2n) is 7.02. The van der Waals surface area contributed by atoms with Crippen LogP contribution in [0.3, 0.4) is 0 Å². The fourth-order valence-electron chi connectivity index (χ4n) is 3.11. The molecule has 2 amide bonds. The number of sulfonamides is 1. The summed E-state index contributed by atoms with van der Waals surface area (Å²) in [6, 6.07) is 13.3. The molecule has 3 rings (SSSR count). The maximum atomic E-state index is 12.8. The molecule has 2 aromatic carbocycles. The number of methoxy groups -OCH3 is 1. The number of thioether (sulfide) groups is 1.